The molecule has 0 aliphatic heterocycles. The van der Waals surface area contributed by atoms with E-state index in [1.165, 1.54) is 5.56 Å². The van der Waals surface area contributed by atoms with Gasteiger partial charge in [-0.3, -0.25) is 9.69 Å². The molecule has 4 nitrogen and oxygen atoms in total. The normalized spacial score (nSPS) is 11.6. The first kappa shape index (κ1) is 17.2. The van der Waals surface area contributed by atoms with Crippen LogP contribution in [-0.2, 0) is 16.0 Å². The largest absolute Gasteiger partial charge is 0.465 e. The molecule has 1 N–H and O–H groups in total. The third-order valence-electron chi connectivity index (χ3n) is 3.14. The Bertz CT molecular complexity index is 476. The second-order valence-electron chi connectivity index (χ2n) is 4.78. The van der Waals surface area contributed by atoms with Crippen LogP contribution in [-0.4, -0.2) is 48.8 Å². The second-order valence-corrected chi connectivity index (χ2v) is 4.78. The van der Waals surface area contributed by atoms with Crippen molar-refractivity contribution in [1.29, 1.82) is 0 Å². The Labute approximate surface area is 126 Å². The predicted octanol–water partition coefficient (Wildman–Crippen LogP) is 1.48. The van der Waals surface area contributed by atoms with Crippen molar-refractivity contribution in [3.63, 3.8) is 0 Å². The number of ether oxygens (including phenoxy) is 1. The summed E-state index contributed by atoms with van der Waals surface area (Å²) in [5.74, 6) is 5.44. The zero-order chi connectivity index (χ0) is 15.5. The number of carbonyl (C=O) groups excluding carboxylic acids is 1. The number of hydrogen-bond donors (Lipinski definition) is 1. The minimum atomic E-state index is -0.296. The number of esters is 1. The Morgan fingerprint density at radius 3 is 2.67 bits per heavy atom. The van der Waals surface area contributed by atoms with Gasteiger partial charge in [-0.1, -0.05) is 42.2 Å². The summed E-state index contributed by atoms with van der Waals surface area (Å²) < 4.78 is 4.80. The lowest BCUT2D eigenvalue weighted by Crippen LogP contribution is -2.36. The maximum absolute atomic E-state index is 11.1. The minimum absolute atomic E-state index is 0.0179. The number of carbonyl (C=O) groups is 1. The van der Waals surface area contributed by atoms with Gasteiger partial charge in [-0.15, -0.1) is 0 Å². The van der Waals surface area contributed by atoms with Gasteiger partial charge in [0.1, 0.15) is 6.42 Å². The zero-order valence-corrected chi connectivity index (χ0v) is 12.7. The average Bonchev–Trinajstić information content (AvgIpc) is 2.50. The molecule has 1 rings (SSSR count). The van der Waals surface area contributed by atoms with Crippen LogP contribution in [0.5, 0.6) is 0 Å². The number of benzene rings is 1. The number of aliphatic hydroxyl groups is 1. The van der Waals surface area contributed by atoms with E-state index in [2.05, 4.69) is 11.8 Å². The molecule has 0 saturated heterocycles. The second kappa shape index (κ2) is 9.98. The molecule has 0 fully saturated rings. The van der Waals surface area contributed by atoms with Crippen LogP contribution in [0.1, 0.15) is 18.9 Å². The molecule has 4 heteroatoms. The van der Waals surface area contributed by atoms with Crippen molar-refractivity contribution in [3.05, 3.63) is 35.9 Å². The van der Waals surface area contributed by atoms with E-state index in [0.717, 1.165) is 6.42 Å². The van der Waals surface area contributed by atoms with Gasteiger partial charge in [0.2, 0.25) is 0 Å². The highest BCUT2D eigenvalue weighted by atomic mass is 16.5. The van der Waals surface area contributed by atoms with Crippen LogP contribution in [0.4, 0.5) is 0 Å². The maximum atomic E-state index is 11.1. The summed E-state index contributed by atoms with van der Waals surface area (Å²) in [5, 5.41) is 9.51. The first-order valence-electron chi connectivity index (χ1n) is 7.13. The molecule has 0 radical (unpaired) electrons. The fourth-order valence-corrected chi connectivity index (χ4v) is 1.90. The van der Waals surface area contributed by atoms with Crippen LogP contribution in [0, 0.1) is 11.8 Å². The standard InChI is InChI=1S/C17H23NO3/c1-3-21-17(20)11-7-8-12-18(2)16(14-19)13-15-9-5-4-6-10-15/h4-6,9-10,16,19H,3,11-14H2,1-2H3/t16-/m0/s1. The number of rotatable bonds is 7. The molecular formula is C17H23NO3. The van der Waals surface area contributed by atoms with Crippen LogP contribution < -0.4 is 0 Å². The number of aliphatic hydroxyl groups excluding tert-OH is 1. The fraction of sp³-hybridized carbons (Fsp3) is 0.471. The lowest BCUT2D eigenvalue weighted by molar-refractivity contribution is -0.141. The van der Waals surface area contributed by atoms with Gasteiger partial charge >= 0.3 is 5.97 Å². The Kier molecular flexibility index (Phi) is 8.18. The van der Waals surface area contributed by atoms with Crippen LogP contribution in [0.25, 0.3) is 0 Å². The molecule has 21 heavy (non-hydrogen) atoms. The zero-order valence-electron chi connectivity index (χ0n) is 12.7. The van der Waals surface area contributed by atoms with E-state index >= 15 is 0 Å². The SMILES string of the molecule is CCOC(=O)CC#CCN(C)[C@H](CO)Cc1ccccc1. The van der Waals surface area contributed by atoms with Crippen molar-refractivity contribution < 1.29 is 14.6 Å². The summed E-state index contributed by atoms with van der Waals surface area (Å²) in [6.07, 6.45) is 0.886. The van der Waals surface area contributed by atoms with E-state index in [1.54, 1.807) is 6.92 Å². The van der Waals surface area contributed by atoms with Crippen molar-refractivity contribution in [2.24, 2.45) is 0 Å². The van der Waals surface area contributed by atoms with Gasteiger partial charge < -0.3 is 9.84 Å². The highest BCUT2D eigenvalue weighted by Crippen LogP contribution is 2.07. The molecule has 0 aliphatic carbocycles. The molecular weight excluding hydrogens is 266 g/mol. The summed E-state index contributed by atoms with van der Waals surface area (Å²) >= 11 is 0. The number of hydrogen-bond acceptors (Lipinski definition) is 4. The van der Waals surface area contributed by atoms with Crippen molar-refractivity contribution in [3.8, 4) is 11.8 Å². The quantitative estimate of drug-likeness (QED) is 0.610. The van der Waals surface area contributed by atoms with E-state index in [-0.39, 0.29) is 25.0 Å². The summed E-state index contributed by atoms with van der Waals surface area (Å²) in [6.45, 7) is 2.74. The lowest BCUT2D eigenvalue weighted by atomic mass is 10.1. The molecule has 0 unspecified atom stereocenters. The molecule has 114 valence electrons. The maximum Gasteiger partial charge on any atom is 0.317 e. The van der Waals surface area contributed by atoms with Crippen molar-refractivity contribution in [2.75, 3.05) is 26.8 Å². The minimum Gasteiger partial charge on any atom is -0.465 e. The van der Waals surface area contributed by atoms with Crippen LogP contribution in [0.2, 0.25) is 0 Å². The third kappa shape index (κ3) is 6.94. The van der Waals surface area contributed by atoms with Gasteiger partial charge in [0.15, 0.2) is 0 Å². The fourth-order valence-electron chi connectivity index (χ4n) is 1.90. The van der Waals surface area contributed by atoms with E-state index < -0.39 is 0 Å². The first-order valence-corrected chi connectivity index (χ1v) is 7.13. The van der Waals surface area contributed by atoms with Crippen molar-refractivity contribution >= 4 is 5.97 Å². The Hall–Kier alpha value is -1.83. The molecule has 0 saturated carbocycles. The van der Waals surface area contributed by atoms with Gasteiger partial charge in [-0.25, -0.2) is 0 Å². The highest BCUT2D eigenvalue weighted by Gasteiger charge is 2.13. The van der Waals surface area contributed by atoms with E-state index in [9.17, 15) is 9.90 Å². The van der Waals surface area contributed by atoms with Crippen LogP contribution >= 0.6 is 0 Å². The summed E-state index contributed by atoms with van der Waals surface area (Å²) in [6, 6.07) is 10.1. The molecule has 0 aromatic heterocycles. The Morgan fingerprint density at radius 2 is 2.05 bits per heavy atom. The van der Waals surface area contributed by atoms with E-state index in [4.69, 9.17) is 4.74 Å². The third-order valence-corrected chi connectivity index (χ3v) is 3.14. The Morgan fingerprint density at radius 1 is 1.33 bits per heavy atom. The molecule has 0 aliphatic rings. The molecule has 0 amide bonds. The lowest BCUT2D eigenvalue weighted by Gasteiger charge is -2.24. The molecule has 1 atom stereocenters. The van der Waals surface area contributed by atoms with Crippen molar-refractivity contribution in [2.45, 2.75) is 25.8 Å². The van der Waals surface area contributed by atoms with Gasteiger partial charge in [-0.2, -0.15) is 0 Å². The smallest absolute Gasteiger partial charge is 0.317 e. The molecule has 1 aromatic rings. The van der Waals surface area contributed by atoms with E-state index in [0.29, 0.717) is 13.2 Å². The predicted molar refractivity (Wildman–Crippen MR) is 82.7 cm³/mol. The van der Waals surface area contributed by atoms with Gasteiger partial charge in [0.05, 0.1) is 19.8 Å². The van der Waals surface area contributed by atoms with Crippen molar-refractivity contribution in [1.82, 2.24) is 4.90 Å². The number of likely N-dealkylation sites (N-methyl/N-ethyl adjacent to an activating group) is 1. The Balaban J connectivity index is 2.43. The van der Waals surface area contributed by atoms with Crippen LogP contribution in [0.15, 0.2) is 30.3 Å². The van der Waals surface area contributed by atoms with E-state index in [1.807, 2.05) is 42.3 Å². The number of nitrogens with zero attached hydrogens (tertiary/aromatic N) is 1. The average molecular weight is 289 g/mol. The molecule has 0 heterocycles. The monoisotopic (exact) mass is 289 g/mol. The first-order chi connectivity index (χ1) is 10.2. The summed E-state index contributed by atoms with van der Waals surface area (Å²) in [5.41, 5.74) is 1.18. The molecule has 0 bridgehead atoms. The van der Waals surface area contributed by atoms with Gasteiger partial charge in [0.25, 0.3) is 0 Å². The summed E-state index contributed by atoms with van der Waals surface area (Å²) in [7, 11) is 1.92. The van der Waals surface area contributed by atoms with Crippen LogP contribution in [0.3, 0.4) is 0 Å². The van der Waals surface area contributed by atoms with Gasteiger partial charge in [-0.05, 0) is 26.0 Å². The molecule has 1 aromatic carbocycles. The van der Waals surface area contributed by atoms with Gasteiger partial charge in [0, 0.05) is 6.04 Å². The highest BCUT2D eigenvalue weighted by molar-refractivity contribution is 5.72. The topological polar surface area (TPSA) is 49.8 Å². The summed E-state index contributed by atoms with van der Waals surface area (Å²) in [4.78, 5) is 13.1. The molecule has 0 spiro atoms.